The number of H-pyrrole nitrogens is 1. The van der Waals surface area contributed by atoms with Crippen LogP contribution in [0.15, 0.2) is 30.5 Å². The fraction of sp³-hybridized carbons (Fsp3) is 0.556. The zero-order chi connectivity index (χ0) is 28.9. The number of benzene rings is 1. The molecule has 2 rings (SSSR count). The molecule has 0 radical (unpaired) electrons. The number of nitrogens with two attached hydrogens (primary N) is 1. The number of nitrogens with one attached hydrogen (secondary N) is 4. The summed E-state index contributed by atoms with van der Waals surface area (Å²) in [6.07, 6.45) is 6.76. The van der Waals surface area contributed by atoms with Crippen molar-refractivity contribution >= 4 is 58.1 Å². The van der Waals surface area contributed by atoms with Gasteiger partial charge in [0.15, 0.2) is 0 Å². The number of aliphatic carboxylic acids is 1. The van der Waals surface area contributed by atoms with Crippen molar-refractivity contribution in [3.63, 3.8) is 0 Å². The maximum absolute atomic E-state index is 13.5. The first-order valence-electron chi connectivity index (χ1n) is 13.0. The molecular weight excluding hydrogens is 538 g/mol. The topological polar surface area (TPSA) is 166 Å². The second kappa shape index (κ2) is 16.4. The smallest absolute Gasteiger partial charge is 0.326 e. The van der Waals surface area contributed by atoms with Crippen LogP contribution in [-0.2, 0) is 25.6 Å². The summed E-state index contributed by atoms with van der Waals surface area (Å²) < 4.78 is 0. The first-order valence-corrected chi connectivity index (χ1v) is 15.8. The number of aromatic amines is 1. The van der Waals surface area contributed by atoms with Crippen LogP contribution in [0.5, 0.6) is 0 Å². The van der Waals surface area contributed by atoms with Crippen molar-refractivity contribution in [2.45, 2.75) is 63.7 Å². The summed E-state index contributed by atoms with van der Waals surface area (Å²) in [5.74, 6) is -1.35. The van der Waals surface area contributed by atoms with Crippen molar-refractivity contribution in [3.05, 3.63) is 36.0 Å². The molecule has 7 N–H and O–H groups in total. The second-order valence-electron chi connectivity index (χ2n) is 9.88. The van der Waals surface area contributed by atoms with Gasteiger partial charge in [-0.3, -0.25) is 14.4 Å². The van der Waals surface area contributed by atoms with Crippen LogP contribution < -0.4 is 21.7 Å². The Morgan fingerprint density at radius 3 is 2.13 bits per heavy atom. The van der Waals surface area contributed by atoms with Gasteiger partial charge in [0.05, 0.1) is 6.04 Å². The van der Waals surface area contributed by atoms with Gasteiger partial charge in [-0.1, -0.05) is 32.0 Å². The lowest BCUT2D eigenvalue weighted by molar-refractivity contribution is -0.142. The molecule has 1 aromatic heterocycles. The van der Waals surface area contributed by atoms with Crippen LogP contribution in [0, 0.1) is 5.92 Å². The van der Waals surface area contributed by atoms with Crippen LogP contribution in [0.2, 0.25) is 0 Å². The Morgan fingerprint density at radius 1 is 0.897 bits per heavy atom. The molecule has 1 heterocycles. The van der Waals surface area contributed by atoms with Crippen molar-refractivity contribution in [1.29, 1.82) is 0 Å². The van der Waals surface area contributed by atoms with Gasteiger partial charge in [-0.15, -0.1) is 0 Å². The van der Waals surface area contributed by atoms with Gasteiger partial charge in [-0.25, -0.2) is 4.79 Å². The molecule has 0 aliphatic heterocycles. The summed E-state index contributed by atoms with van der Waals surface area (Å²) in [4.78, 5) is 54.5. The molecule has 4 unspecified atom stereocenters. The van der Waals surface area contributed by atoms with E-state index in [1.54, 1.807) is 18.0 Å². The van der Waals surface area contributed by atoms with Crippen LogP contribution in [-0.4, -0.2) is 82.0 Å². The van der Waals surface area contributed by atoms with E-state index >= 15 is 0 Å². The van der Waals surface area contributed by atoms with E-state index in [1.165, 1.54) is 11.8 Å². The maximum Gasteiger partial charge on any atom is 0.326 e. The van der Waals surface area contributed by atoms with Gasteiger partial charge < -0.3 is 31.8 Å². The Kier molecular flexibility index (Phi) is 13.7. The number of carboxylic acid groups (broad SMARTS) is 1. The van der Waals surface area contributed by atoms with E-state index in [2.05, 4.69) is 20.9 Å². The average Bonchev–Trinajstić information content (AvgIpc) is 3.30. The zero-order valence-corrected chi connectivity index (χ0v) is 24.6. The molecule has 0 fully saturated rings. The van der Waals surface area contributed by atoms with Crippen LogP contribution in [0.1, 0.15) is 38.7 Å². The van der Waals surface area contributed by atoms with E-state index < -0.39 is 47.9 Å². The van der Waals surface area contributed by atoms with E-state index in [1.807, 2.05) is 50.6 Å². The molecule has 3 amide bonds. The lowest BCUT2D eigenvalue weighted by Crippen LogP contribution is -2.58. The number of hydrogen-bond acceptors (Lipinski definition) is 7. The fourth-order valence-corrected chi connectivity index (χ4v) is 5.09. The highest BCUT2D eigenvalue weighted by Gasteiger charge is 2.31. The van der Waals surface area contributed by atoms with Crippen LogP contribution >= 0.6 is 23.5 Å². The number of thioether (sulfide) groups is 2. The van der Waals surface area contributed by atoms with Gasteiger partial charge in [0.25, 0.3) is 0 Å². The first kappa shape index (κ1) is 32.5. The molecule has 0 saturated carbocycles. The van der Waals surface area contributed by atoms with Crippen molar-refractivity contribution in [2.75, 3.05) is 24.0 Å². The van der Waals surface area contributed by atoms with E-state index in [9.17, 15) is 24.3 Å². The third-order valence-electron chi connectivity index (χ3n) is 6.27. The molecule has 4 atom stereocenters. The molecule has 0 spiro atoms. The SMILES string of the molecule is CSCCC(N)C(=O)NC(CC(C)C)C(=O)NC(Cc1c[nH]c2ccccc12)C(=O)NC(CCSC)C(=O)O. The Balaban J connectivity index is 2.29. The Bertz CT molecular complexity index is 1110. The number of carbonyl (C=O) groups excluding carboxylic acids is 3. The molecule has 2 aromatic rings. The molecule has 12 heteroatoms. The molecular formula is C27H41N5O5S2. The van der Waals surface area contributed by atoms with Crippen molar-refractivity contribution in [3.8, 4) is 0 Å². The number of rotatable bonds is 17. The van der Waals surface area contributed by atoms with Crippen LogP contribution in [0.25, 0.3) is 10.9 Å². The zero-order valence-electron chi connectivity index (χ0n) is 23.0. The standard InChI is InChI=1S/C27H41N5O5S2/c1-16(2)13-22(31-24(33)19(28)9-11-38-3)25(34)32-23(26(35)30-21(27(36)37)10-12-39-4)14-17-15-29-20-8-6-5-7-18(17)20/h5-8,15-16,19,21-23,29H,9-14,28H2,1-4H3,(H,30,35)(H,31,33)(H,32,34)(H,36,37). The maximum atomic E-state index is 13.5. The number of aromatic nitrogens is 1. The molecule has 0 saturated heterocycles. The summed E-state index contributed by atoms with van der Waals surface area (Å²) in [5.41, 5.74) is 7.69. The van der Waals surface area contributed by atoms with Gasteiger partial charge in [-0.05, 0) is 60.8 Å². The summed E-state index contributed by atoms with van der Waals surface area (Å²) in [6.45, 7) is 3.86. The second-order valence-corrected chi connectivity index (χ2v) is 11.9. The minimum Gasteiger partial charge on any atom is -0.480 e. The largest absolute Gasteiger partial charge is 0.480 e. The molecule has 0 aliphatic rings. The van der Waals surface area contributed by atoms with Gasteiger partial charge >= 0.3 is 5.97 Å². The van der Waals surface area contributed by atoms with E-state index in [-0.39, 0.29) is 18.8 Å². The predicted molar refractivity (Wildman–Crippen MR) is 159 cm³/mol. The lowest BCUT2D eigenvalue weighted by Gasteiger charge is -2.26. The molecule has 1 aromatic carbocycles. The van der Waals surface area contributed by atoms with Crippen molar-refractivity contribution in [1.82, 2.24) is 20.9 Å². The van der Waals surface area contributed by atoms with Gasteiger partial charge in [-0.2, -0.15) is 23.5 Å². The quantitative estimate of drug-likeness (QED) is 0.166. The molecule has 216 valence electrons. The fourth-order valence-electron chi connectivity index (χ4n) is 4.12. The number of carbonyl (C=O) groups is 4. The highest BCUT2D eigenvalue weighted by molar-refractivity contribution is 7.98. The predicted octanol–water partition coefficient (Wildman–Crippen LogP) is 2.13. The number of fused-ring (bicyclic) bond motifs is 1. The highest BCUT2D eigenvalue weighted by atomic mass is 32.2. The molecule has 39 heavy (non-hydrogen) atoms. The molecule has 0 bridgehead atoms. The van der Waals surface area contributed by atoms with E-state index in [0.717, 1.165) is 16.5 Å². The number of para-hydroxylation sites is 1. The Labute approximate surface area is 238 Å². The van der Waals surface area contributed by atoms with Gasteiger partial charge in [0.1, 0.15) is 18.1 Å². The van der Waals surface area contributed by atoms with E-state index in [4.69, 9.17) is 5.73 Å². The van der Waals surface area contributed by atoms with Gasteiger partial charge in [0.2, 0.25) is 17.7 Å². The summed E-state index contributed by atoms with van der Waals surface area (Å²) in [7, 11) is 0. The number of carboxylic acids is 1. The number of amides is 3. The first-order chi connectivity index (χ1) is 18.6. The Hall–Kier alpha value is -2.70. The minimum atomic E-state index is -1.14. The summed E-state index contributed by atoms with van der Waals surface area (Å²) in [6, 6.07) is 3.78. The Morgan fingerprint density at radius 2 is 1.49 bits per heavy atom. The minimum absolute atomic E-state index is 0.0762. The van der Waals surface area contributed by atoms with E-state index in [0.29, 0.717) is 24.3 Å². The summed E-state index contributed by atoms with van der Waals surface area (Å²) in [5, 5.41) is 18.7. The van der Waals surface area contributed by atoms with Crippen molar-refractivity contribution < 1.29 is 24.3 Å². The van der Waals surface area contributed by atoms with Crippen molar-refractivity contribution in [2.24, 2.45) is 11.7 Å². The molecule has 10 nitrogen and oxygen atoms in total. The van der Waals surface area contributed by atoms with Crippen LogP contribution in [0.3, 0.4) is 0 Å². The van der Waals surface area contributed by atoms with Crippen LogP contribution in [0.4, 0.5) is 0 Å². The number of hydrogen-bond donors (Lipinski definition) is 6. The monoisotopic (exact) mass is 579 g/mol. The third kappa shape index (κ3) is 10.4. The highest BCUT2D eigenvalue weighted by Crippen LogP contribution is 2.19. The van der Waals surface area contributed by atoms with Gasteiger partial charge in [0, 0.05) is 23.5 Å². The summed E-state index contributed by atoms with van der Waals surface area (Å²) >= 11 is 3.06. The molecule has 0 aliphatic carbocycles. The lowest BCUT2D eigenvalue weighted by atomic mass is 10.00. The normalized spacial score (nSPS) is 14.4. The third-order valence-corrected chi connectivity index (χ3v) is 7.55. The average molecular weight is 580 g/mol.